The molecule has 1 heterocycles. The molecule has 2 rings (SSSR count). The lowest BCUT2D eigenvalue weighted by atomic mass is 9.96. The SMILES string of the molecule is CCNC(=NCCCCN1CCC(C(N)=O)CC1)N(C)Cc1ccc(OC)cc1OC.I. The number of likely N-dealkylation sites (tertiary alicyclic amines) is 1. The maximum atomic E-state index is 11.3. The number of carbonyl (C=O) groups excluding carboxylic acids is 1. The molecular formula is C23H40IN5O3. The van der Waals surface area contributed by atoms with Crippen molar-refractivity contribution in [2.24, 2.45) is 16.6 Å². The van der Waals surface area contributed by atoms with Gasteiger partial charge in [0.05, 0.1) is 14.2 Å². The van der Waals surface area contributed by atoms with E-state index in [0.717, 1.165) is 81.4 Å². The van der Waals surface area contributed by atoms with Gasteiger partial charge in [0.1, 0.15) is 11.5 Å². The van der Waals surface area contributed by atoms with Crippen LogP contribution in [0, 0.1) is 5.92 Å². The third-order valence-electron chi connectivity index (χ3n) is 5.73. The first-order valence-electron chi connectivity index (χ1n) is 11.2. The summed E-state index contributed by atoms with van der Waals surface area (Å²) in [7, 11) is 5.36. The maximum absolute atomic E-state index is 11.3. The highest BCUT2D eigenvalue weighted by Gasteiger charge is 2.22. The Hall–Kier alpha value is -1.75. The van der Waals surface area contributed by atoms with Gasteiger partial charge < -0.3 is 30.3 Å². The van der Waals surface area contributed by atoms with Crippen molar-refractivity contribution in [1.29, 1.82) is 0 Å². The molecule has 1 aromatic rings. The molecule has 3 N–H and O–H groups in total. The minimum atomic E-state index is -0.152. The first-order chi connectivity index (χ1) is 15.0. The summed E-state index contributed by atoms with van der Waals surface area (Å²) in [5.41, 5.74) is 6.49. The van der Waals surface area contributed by atoms with Crippen molar-refractivity contribution in [1.82, 2.24) is 15.1 Å². The van der Waals surface area contributed by atoms with Crippen molar-refractivity contribution < 1.29 is 14.3 Å². The summed E-state index contributed by atoms with van der Waals surface area (Å²) in [5, 5.41) is 3.37. The van der Waals surface area contributed by atoms with Crippen LogP contribution in [0.15, 0.2) is 23.2 Å². The second-order valence-corrected chi connectivity index (χ2v) is 7.99. The molecule has 0 radical (unpaired) electrons. The summed E-state index contributed by atoms with van der Waals surface area (Å²) in [6.45, 7) is 7.34. The van der Waals surface area contributed by atoms with Gasteiger partial charge in [0.25, 0.3) is 0 Å². The van der Waals surface area contributed by atoms with E-state index in [9.17, 15) is 4.79 Å². The minimum Gasteiger partial charge on any atom is -0.497 e. The number of methoxy groups -OCH3 is 2. The van der Waals surface area contributed by atoms with Gasteiger partial charge in [-0.25, -0.2) is 0 Å². The topological polar surface area (TPSA) is 92.4 Å². The van der Waals surface area contributed by atoms with Crippen molar-refractivity contribution in [2.75, 3.05) is 54.0 Å². The molecule has 8 nitrogen and oxygen atoms in total. The zero-order chi connectivity index (χ0) is 22.6. The normalized spacial score (nSPS) is 15.1. The molecule has 0 aliphatic carbocycles. The molecule has 0 spiro atoms. The molecule has 1 fully saturated rings. The first kappa shape index (κ1) is 28.3. The lowest BCUT2D eigenvalue weighted by molar-refractivity contribution is -0.123. The Morgan fingerprint density at radius 2 is 1.97 bits per heavy atom. The number of hydrogen-bond donors (Lipinski definition) is 2. The van der Waals surface area contributed by atoms with E-state index in [2.05, 4.69) is 22.0 Å². The number of carbonyl (C=O) groups is 1. The molecule has 0 bridgehead atoms. The molecule has 182 valence electrons. The third-order valence-corrected chi connectivity index (χ3v) is 5.73. The van der Waals surface area contributed by atoms with E-state index >= 15 is 0 Å². The van der Waals surface area contributed by atoms with E-state index in [1.807, 2.05) is 25.2 Å². The lowest BCUT2D eigenvalue weighted by Crippen LogP contribution is -2.39. The van der Waals surface area contributed by atoms with E-state index in [1.54, 1.807) is 14.2 Å². The Kier molecular flexibility index (Phi) is 13.4. The highest BCUT2D eigenvalue weighted by atomic mass is 127. The van der Waals surface area contributed by atoms with Gasteiger partial charge in [0.15, 0.2) is 5.96 Å². The van der Waals surface area contributed by atoms with E-state index in [-0.39, 0.29) is 35.8 Å². The molecule has 9 heteroatoms. The molecule has 0 unspecified atom stereocenters. The van der Waals surface area contributed by atoms with Gasteiger partial charge in [-0.1, -0.05) is 0 Å². The predicted octanol–water partition coefficient (Wildman–Crippen LogP) is 2.70. The summed E-state index contributed by atoms with van der Waals surface area (Å²) in [6.07, 6.45) is 3.90. The summed E-state index contributed by atoms with van der Waals surface area (Å²) in [5.74, 6) is 2.39. The van der Waals surface area contributed by atoms with Gasteiger partial charge in [-0.3, -0.25) is 9.79 Å². The number of nitrogens with zero attached hydrogens (tertiary/aromatic N) is 3. The number of ether oxygens (including phenoxy) is 2. The van der Waals surface area contributed by atoms with Crippen LogP contribution in [0.2, 0.25) is 0 Å². The molecule has 1 aliphatic rings. The standard InChI is InChI=1S/C23H39N5O3.HI/c1-5-25-23(27(2)17-19-8-9-20(30-3)16-21(19)31-4)26-12-6-7-13-28-14-10-18(11-15-28)22(24)29;/h8-9,16,18H,5-7,10-15,17H2,1-4H3,(H2,24,29)(H,25,26);1H. The van der Waals surface area contributed by atoms with E-state index < -0.39 is 0 Å². The van der Waals surface area contributed by atoms with Gasteiger partial charge in [-0.2, -0.15) is 0 Å². The molecule has 32 heavy (non-hydrogen) atoms. The van der Waals surface area contributed by atoms with E-state index in [0.29, 0.717) is 6.54 Å². The van der Waals surface area contributed by atoms with Crippen molar-refractivity contribution in [3.05, 3.63) is 23.8 Å². The third kappa shape index (κ3) is 9.01. The van der Waals surface area contributed by atoms with Crippen molar-refractivity contribution >= 4 is 35.8 Å². The van der Waals surface area contributed by atoms with Gasteiger partial charge in [0.2, 0.25) is 5.91 Å². The number of halogens is 1. The van der Waals surface area contributed by atoms with Crippen LogP contribution in [0.1, 0.15) is 38.2 Å². The van der Waals surface area contributed by atoms with Crippen molar-refractivity contribution in [3.8, 4) is 11.5 Å². The molecule has 0 saturated carbocycles. The number of rotatable bonds is 11. The first-order valence-corrected chi connectivity index (χ1v) is 11.2. The predicted molar refractivity (Wildman–Crippen MR) is 140 cm³/mol. The smallest absolute Gasteiger partial charge is 0.220 e. The number of nitrogens with two attached hydrogens (primary N) is 1. The zero-order valence-electron chi connectivity index (χ0n) is 19.9. The summed E-state index contributed by atoms with van der Waals surface area (Å²) < 4.78 is 10.8. The minimum absolute atomic E-state index is 0. The van der Waals surface area contributed by atoms with Gasteiger partial charge >= 0.3 is 0 Å². The number of amides is 1. The molecule has 1 amide bonds. The van der Waals surface area contributed by atoms with Crippen LogP contribution in [0.5, 0.6) is 11.5 Å². The van der Waals surface area contributed by atoms with E-state index in [1.165, 1.54) is 0 Å². The molecular weight excluding hydrogens is 521 g/mol. The number of nitrogens with one attached hydrogen (secondary N) is 1. The van der Waals surface area contributed by atoms with Crippen LogP contribution in [-0.2, 0) is 11.3 Å². The quantitative estimate of drug-likeness (QED) is 0.187. The fourth-order valence-electron chi connectivity index (χ4n) is 3.86. The lowest BCUT2D eigenvalue weighted by Gasteiger charge is -2.30. The van der Waals surface area contributed by atoms with Crippen LogP contribution in [0.25, 0.3) is 0 Å². The Morgan fingerprint density at radius 1 is 1.25 bits per heavy atom. The van der Waals surface area contributed by atoms with E-state index in [4.69, 9.17) is 20.2 Å². The second kappa shape index (κ2) is 15.2. The van der Waals surface area contributed by atoms with Crippen LogP contribution in [-0.4, -0.2) is 75.7 Å². The largest absolute Gasteiger partial charge is 0.497 e. The maximum Gasteiger partial charge on any atom is 0.220 e. The van der Waals surface area contributed by atoms with Gasteiger partial charge in [0, 0.05) is 44.2 Å². The number of hydrogen-bond acceptors (Lipinski definition) is 5. The molecule has 0 aromatic heterocycles. The fourth-order valence-corrected chi connectivity index (χ4v) is 3.86. The Labute approximate surface area is 209 Å². The highest BCUT2D eigenvalue weighted by Crippen LogP contribution is 2.25. The number of unbranched alkanes of at least 4 members (excludes halogenated alkanes) is 1. The second-order valence-electron chi connectivity index (χ2n) is 7.99. The zero-order valence-corrected chi connectivity index (χ0v) is 22.3. The number of piperidine rings is 1. The fraction of sp³-hybridized carbons (Fsp3) is 0.652. The molecule has 0 atom stereocenters. The Balaban J connectivity index is 0.00000512. The molecule has 1 saturated heterocycles. The summed E-state index contributed by atoms with van der Waals surface area (Å²) >= 11 is 0. The van der Waals surface area contributed by atoms with Crippen molar-refractivity contribution in [3.63, 3.8) is 0 Å². The number of guanidine groups is 1. The average Bonchev–Trinajstić information content (AvgIpc) is 2.78. The van der Waals surface area contributed by atoms with Gasteiger partial charge in [-0.15, -0.1) is 24.0 Å². The highest BCUT2D eigenvalue weighted by molar-refractivity contribution is 14.0. The van der Waals surface area contributed by atoms with Crippen LogP contribution in [0.4, 0.5) is 0 Å². The number of primary amides is 1. The monoisotopic (exact) mass is 561 g/mol. The van der Waals surface area contributed by atoms with Crippen LogP contribution >= 0.6 is 24.0 Å². The molecule has 1 aliphatic heterocycles. The average molecular weight is 562 g/mol. The number of aliphatic imine (C=N–C) groups is 1. The summed E-state index contributed by atoms with van der Waals surface area (Å²) in [4.78, 5) is 20.6. The van der Waals surface area contributed by atoms with Crippen molar-refractivity contribution in [2.45, 2.75) is 39.2 Å². The molecule has 1 aromatic carbocycles. The Morgan fingerprint density at radius 3 is 2.56 bits per heavy atom. The Bertz CT molecular complexity index is 724. The summed E-state index contributed by atoms with van der Waals surface area (Å²) in [6, 6.07) is 5.88. The van der Waals surface area contributed by atoms with Crippen LogP contribution in [0.3, 0.4) is 0 Å². The van der Waals surface area contributed by atoms with Crippen LogP contribution < -0.4 is 20.5 Å². The van der Waals surface area contributed by atoms with Gasteiger partial charge in [-0.05, 0) is 64.4 Å². The number of benzene rings is 1.